The van der Waals surface area contributed by atoms with E-state index in [0.29, 0.717) is 35.6 Å². The smallest absolute Gasteiger partial charge is 0.0991 e. The van der Waals surface area contributed by atoms with Gasteiger partial charge in [-0.25, -0.2) is 0 Å². The van der Waals surface area contributed by atoms with E-state index in [1.54, 1.807) is 18.5 Å². The first kappa shape index (κ1) is 15.9. The molecule has 1 aromatic carbocycles. The van der Waals surface area contributed by atoms with Gasteiger partial charge in [0.2, 0.25) is 0 Å². The molecule has 1 aromatic heterocycles. The average molecular weight is 332 g/mol. The molecule has 6 nitrogen and oxygen atoms in total. The second-order valence-corrected chi connectivity index (χ2v) is 8.40. The van der Waals surface area contributed by atoms with E-state index in [0.717, 1.165) is 5.56 Å². The number of anilines is 1. The van der Waals surface area contributed by atoms with Crippen LogP contribution >= 0.6 is 10.6 Å². The van der Waals surface area contributed by atoms with Crippen molar-refractivity contribution in [1.82, 2.24) is 9.78 Å². The Balaban J connectivity index is 1.96. The van der Waals surface area contributed by atoms with E-state index in [1.807, 2.05) is 22.9 Å². The first-order valence-corrected chi connectivity index (χ1v) is 9.40. The third-order valence-corrected chi connectivity index (χ3v) is 6.12. The second kappa shape index (κ2) is 6.24. The number of nitrogen functional groups attached to an aromatic ring is 1. The summed E-state index contributed by atoms with van der Waals surface area (Å²) in [5, 5.41) is 13.5. The average Bonchev–Trinajstić information content (AvgIpc) is 2.95. The SMILES string of the molecule is N#Cc1cccc(C(C2CCS(O)(O)CC2)n2cc(N)cn2)c1. The molecule has 1 unspecified atom stereocenters. The molecule has 122 valence electrons. The minimum atomic E-state index is -2.43. The number of hydrogen-bond acceptors (Lipinski definition) is 5. The highest BCUT2D eigenvalue weighted by atomic mass is 32.3. The standard InChI is InChI=1S/C16H20N4O2S/c17-9-12-2-1-3-14(8-12)16(20-11-15(18)10-19-20)13-4-6-23(21,22)7-5-13/h1-3,8,10-11,13,16,21-22H,4-7,18H2. The van der Waals surface area contributed by atoms with E-state index < -0.39 is 10.6 Å². The van der Waals surface area contributed by atoms with Gasteiger partial charge in [-0.3, -0.25) is 13.8 Å². The lowest BCUT2D eigenvalue weighted by Gasteiger charge is -2.41. The van der Waals surface area contributed by atoms with Gasteiger partial charge < -0.3 is 5.73 Å². The van der Waals surface area contributed by atoms with Crippen LogP contribution in [0.4, 0.5) is 5.69 Å². The molecular weight excluding hydrogens is 312 g/mol. The Hall–Kier alpha value is -2.01. The van der Waals surface area contributed by atoms with Crippen molar-refractivity contribution in [3.63, 3.8) is 0 Å². The first-order valence-electron chi connectivity index (χ1n) is 7.52. The molecule has 2 aromatic rings. The van der Waals surface area contributed by atoms with E-state index in [1.165, 1.54) is 0 Å². The molecule has 0 bridgehead atoms. The van der Waals surface area contributed by atoms with E-state index in [2.05, 4.69) is 11.2 Å². The lowest BCUT2D eigenvalue weighted by Crippen LogP contribution is -2.29. The summed E-state index contributed by atoms with van der Waals surface area (Å²) >= 11 is 0. The topological polar surface area (TPSA) is 108 Å². The van der Waals surface area contributed by atoms with Gasteiger partial charge in [-0.1, -0.05) is 12.1 Å². The van der Waals surface area contributed by atoms with E-state index in [-0.39, 0.29) is 12.0 Å². The maximum atomic E-state index is 9.85. The summed E-state index contributed by atoms with van der Waals surface area (Å²) in [5.74, 6) is 1.06. The Kier molecular flexibility index (Phi) is 4.31. The largest absolute Gasteiger partial charge is 0.396 e. The third-order valence-electron chi connectivity index (χ3n) is 4.34. The van der Waals surface area contributed by atoms with Crippen LogP contribution < -0.4 is 5.73 Å². The fraction of sp³-hybridized carbons (Fsp3) is 0.375. The highest BCUT2D eigenvalue weighted by Gasteiger charge is 2.32. The van der Waals surface area contributed by atoms with Gasteiger partial charge >= 0.3 is 0 Å². The minimum Gasteiger partial charge on any atom is -0.396 e. The van der Waals surface area contributed by atoms with Gasteiger partial charge in [0, 0.05) is 17.7 Å². The molecule has 23 heavy (non-hydrogen) atoms. The maximum Gasteiger partial charge on any atom is 0.0991 e. The van der Waals surface area contributed by atoms with E-state index in [9.17, 15) is 9.11 Å². The van der Waals surface area contributed by atoms with Gasteiger partial charge in [-0.2, -0.15) is 21.0 Å². The molecule has 1 atom stereocenters. The number of benzene rings is 1. The van der Waals surface area contributed by atoms with Crippen LogP contribution in [0.2, 0.25) is 0 Å². The Bertz CT molecular complexity index is 728. The molecule has 1 fully saturated rings. The number of nitrogens with two attached hydrogens (primary N) is 1. The normalized spacial score (nSPS) is 20.6. The van der Waals surface area contributed by atoms with Crippen molar-refractivity contribution in [2.24, 2.45) is 5.92 Å². The molecule has 1 aliphatic heterocycles. The van der Waals surface area contributed by atoms with Gasteiger partial charge in [0.1, 0.15) is 0 Å². The lowest BCUT2D eigenvalue weighted by atomic mass is 9.88. The van der Waals surface area contributed by atoms with Gasteiger partial charge in [-0.05, 0) is 36.5 Å². The summed E-state index contributed by atoms with van der Waals surface area (Å²) in [7, 11) is -2.43. The third kappa shape index (κ3) is 3.50. The monoisotopic (exact) mass is 332 g/mol. The molecular formula is C16H20N4O2S. The van der Waals surface area contributed by atoms with Crippen molar-refractivity contribution in [2.45, 2.75) is 18.9 Å². The van der Waals surface area contributed by atoms with Crippen LogP contribution in [0.15, 0.2) is 36.7 Å². The molecule has 0 aliphatic carbocycles. The van der Waals surface area contributed by atoms with Crippen LogP contribution in [0.25, 0.3) is 0 Å². The van der Waals surface area contributed by atoms with Gasteiger partial charge in [0.05, 0.1) is 29.6 Å². The first-order chi connectivity index (χ1) is 11.0. The molecule has 0 amide bonds. The van der Waals surface area contributed by atoms with E-state index in [4.69, 9.17) is 11.0 Å². The Labute approximate surface area is 136 Å². The van der Waals surface area contributed by atoms with Crippen molar-refractivity contribution >= 4 is 16.3 Å². The van der Waals surface area contributed by atoms with Gasteiger partial charge in [0.15, 0.2) is 0 Å². The van der Waals surface area contributed by atoms with Crippen molar-refractivity contribution < 1.29 is 9.11 Å². The highest BCUT2D eigenvalue weighted by molar-refractivity contribution is 8.24. The minimum absolute atomic E-state index is 0.0592. The molecule has 7 heteroatoms. The number of nitrogens with zero attached hydrogens (tertiary/aromatic N) is 3. The molecule has 2 heterocycles. The molecule has 1 aliphatic rings. The van der Waals surface area contributed by atoms with Crippen LogP contribution in [0, 0.1) is 17.2 Å². The number of rotatable bonds is 3. The Morgan fingerprint density at radius 1 is 1.35 bits per heavy atom. The summed E-state index contributed by atoms with van der Waals surface area (Å²) in [4.78, 5) is 0. The molecule has 4 N–H and O–H groups in total. The predicted molar refractivity (Wildman–Crippen MR) is 91.2 cm³/mol. The second-order valence-electron chi connectivity index (χ2n) is 5.98. The van der Waals surface area contributed by atoms with Crippen LogP contribution in [-0.2, 0) is 0 Å². The molecule has 0 saturated carbocycles. The van der Waals surface area contributed by atoms with E-state index >= 15 is 0 Å². The van der Waals surface area contributed by atoms with Gasteiger partial charge in [0.25, 0.3) is 0 Å². The lowest BCUT2D eigenvalue weighted by molar-refractivity contribution is 0.316. The number of aromatic nitrogens is 2. The van der Waals surface area contributed by atoms with Crippen molar-refractivity contribution in [3.05, 3.63) is 47.8 Å². The summed E-state index contributed by atoms with van der Waals surface area (Å²) in [6.07, 6.45) is 4.82. The Morgan fingerprint density at radius 3 is 2.70 bits per heavy atom. The van der Waals surface area contributed by atoms with Crippen molar-refractivity contribution in [1.29, 1.82) is 5.26 Å². The fourth-order valence-corrected chi connectivity index (χ4v) is 4.74. The maximum absolute atomic E-state index is 9.85. The number of hydrogen-bond donors (Lipinski definition) is 3. The van der Waals surface area contributed by atoms with Crippen LogP contribution in [0.1, 0.15) is 30.0 Å². The molecule has 1 saturated heterocycles. The van der Waals surface area contributed by atoms with Crippen LogP contribution in [-0.4, -0.2) is 30.4 Å². The van der Waals surface area contributed by atoms with Gasteiger partial charge in [-0.15, -0.1) is 0 Å². The summed E-state index contributed by atoms with van der Waals surface area (Å²) in [5.41, 5.74) is 8.00. The summed E-state index contributed by atoms with van der Waals surface area (Å²) in [6.45, 7) is 0. The highest BCUT2D eigenvalue weighted by Crippen LogP contribution is 2.49. The zero-order valence-corrected chi connectivity index (χ0v) is 13.5. The van der Waals surface area contributed by atoms with Crippen LogP contribution in [0.5, 0.6) is 0 Å². The zero-order chi connectivity index (χ0) is 16.4. The summed E-state index contributed by atoms with van der Waals surface area (Å²) in [6, 6.07) is 9.60. The molecule has 3 rings (SSSR count). The number of nitriles is 1. The summed E-state index contributed by atoms with van der Waals surface area (Å²) < 4.78 is 21.5. The predicted octanol–water partition coefficient (Wildman–Crippen LogP) is 3.09. The molecule has 0 spiro atoms. The molecule has 0 radical (unpaired) electrons. The van der Waals surface area contributed by atoms with Crippen LogP contribution in [0.3, 0.4) is 0 Å². The Morgan fingerprint density at radius 2 is 2.09 bits per heavy atom. The quantitative estimate of drug-likeness (QED) is 0.800. The van der Waals surface area contributed by atoms with Crippen molar-refractivity contribution in [3.8, 4) is 6.07 Å². The fourth-order valence-electron chi connectivity index (χ4n) is 3.18. The zero-order valence-electron chi connectivity index (χ0n) is 12.7. The van der Waals surface area contributed by atoms with Crippen molar-refractivity contribution in [2.75, 3.05) is 17.2 Å².